The van der Waals surface area contributed by atoms with E-state index in [-0.39, 0.29) is 12.5 Å². The van der Waals surface area contributed by atoms with Crippen LogP contribution in [-0.2, 0) is 11.2 Å². The van der Waals surface area contributed by atoms with E-state index in [2.05, 4.69) is 21.4 Å². The Bertz CT molecular complexity index is 1050. The molecular formula is C22H21ClN4O2. The van der Waals surface area contributed by atoms with Gasteiger partial charge in [-0.2, -0.15) is 0 Å². The highest BCUT2D eigenvalue weighted by Gasteiger charge is 2.22. The number of hydrogen-bond donors (Lipinski definition) is 1. The van der Waals surface area contributed by atoms with Gasteiger partial charge in [0.1, 0.15) is 0 Å². The monoisotopic (exact) mass is 408 g/mol. The molecule has 1 aliphatic rings. The van der Waals surface area contributed by atoms with Crippen LogP contribution in [-0.4, -0.2) is 29.0 Å². The number of nitrogens with zero attached hydrogens (tertiary/aromatic N) is 3. The third-order valence-corrected chi connectivity index (χ3v) is 5.29. The fourth-order valence-corrected chi connectivity index (χ4v) is 3.50. The summed E-state index contributed by atoms with van der Waals surface area (Å²) in [6, 6.07) is 11.2. The maximum Gasteiger partial charge on any atom is 0.243 e. The third-order valence-electron chi connectivity index (χ3n) is 4.88. The number of fused-ring (bicyclic) bond motifs is 1. The van der Waals surface area contributed by atoms with E-state index in [1.807, 2.05) is 36.9 Å². The van der Waals surface area contributed by atoms with Crippen molar-refractivity contribution < 1.29 is 9.53 Å². The van der Waals surface area contributed by atoms with Crippen molar-refractivity contribution in [1.82, 2.24) is 9.97 Å². The van der Waals surface area contributed by atoms with E-state index in [0.717, 1.165) is 34.9 Å². The molecule has 0 unspecified atom stereocenters. The first kappa shape index (κ1) is 19.2. The lowest BCUT2D eigenvalue weighted by Gasteiger charge is -2.19. The van der Waals surface area contributed by atoms with Crippen LogP contribution in [0.25, 0.3) is 0 Å². The standard InChI is InChI=1S/C22H21ClN4O2/c1-14-10-16-7-9-27(19(16)11-18(14)23)13-21(28)26-17-5-6-22(25-12-17)29-20-4-3-8-24-15(20)2/h3-6,8,10-12H,7,9,13H2,1-2H3,(H,26,28). The molecule has 1 amide bonds. The first-order valence-electron chi connectivity index (χ1n) is 9.39. The Balaban J connectivity index is 1.37. The lowest BCUT2D eigenvalue weighted by Crippen LogP contribution is -2.31. The lowest BCUT2D eigenvalue weighted by atomic mass is 10.1. The molecule has 2 aromatic heterocycles. The van der Waals surface area contributed by atoms with Gasteiger partial charge in [0.15, 0.2) is 5.75 Å². The zero-order valence-corrected chi connectivity index (χ0v) is 17.0. The summed E-state index contributed by atoms with van der Waals surface area (Å²) in [6.45, 7) is 4.93. The summed E-state index contributed by atoms with van der Waals surface area (Å²) in [4.78, 5) is 23.0. The van der Waals surface area contributed by atoms with E-state index < -0.39 is 0 Å². The quantitative estimate of drug-likeness (QED) is 0.671. The Morgan fingerprint density at radius 3 is 2.86 bits per heavy atom. The number of halogens is 1. The molecule has 148 valence electrons. The highest BCUT2D eigenvalue weighted by atomic mass is 35.5. The zero-order valence-electron chi connectivity index (χ0n) is 16.3. The molecule has 0 saturated heterocycles. The molecule has 0 atom stereocenters. The van der Waals surface area contributed by atoms with Crippen LogP contribution in [0.5, 0.6) is 11.6 Å². The van der Waals surface area contributed by atoms with Crippen molar-refractivity contribution in [3.8, 4) is 11.6 Å². The minimum absolute atomic E-state index is 0.104. The Morgan fingerprint density at radius 2 is 2.10 bits per heavy atom. The van der Waals surface area contributed by atoms with Crippen LogP contribution in [0, 0.1) is 13.8 Å². The van der Waals surface area contributed by atoms with Crippen molar-refractivity contribution in [2.45, 2.75) is 20.3 Å². The summed E-state index contributed by atoms with van der Waals surface area (Å²) < 4.78 is 5.73. The fourth-order valence-electron chi connectivity index (χ4n) is 3.34. The van der Waals surface area contributed by atoms with Crippen molar-refractivity contribution in [1.29, 1.82) is 0 Å². The van der Waals surface area contributed by atoms with E-state index in [1.165, 1.54) is 5.56 Å². The topological polar surface area (TPSA) is 67.4 Å². The number of aryl methyl sites for hydroxylation is 2. The van der Waals surface area contributed by atoms with Crippen LogP contribution in [0.15, 0.2) is 48.8 Å². The van der Waals surface area contributed by atoms with E-state index >= 15 is 0 Å². The summed E-state index contributed by atoms with van der Waals surface area (Å²) in [5.41, 5.74) is 4.73. The second-order valence-electron chi connectivity index (χ2n) is 7.02. The van der Waals surface area contributed by atoms with E-state index in [0.29, 0.717) is 17.3 Å². The molecule has 0 fully saturated rings. The number of carbonyl (C=O) groups excluding carboxylic acids is 1. The molecule has 0 radical (unpaired) electrons. The van der Waals surface area contributed by atoms with Gasteiger partial charge in [-0.15, -0.1) is 0 Å². The molecule has 29 heavy (non-hydrogen) atoms. The average Bonchev–Trinajstić information content (AvgIpc) is 3.07. The number of aromatic nitrogens is 2. The summed E-state index contributed by atoms with van der Waals surface area (Å²) >= 11 is 6.26. The highest BCUT2D eigenvalue weighted by molar-refractivity contribution is 6.31. The Morgan fingerprint density at radius 1 is 1.24 bits per heavy atom. The summed E-state index contributed by atoms with van der Waals surface area (Å²) in [6.07, 6.45) is 4.21. The second kappa shape index (κ2) is 8.09. The first-order valence-corrected chi connectivity index (χ1v) is 9.77. The largest absolute Gasteiger partial charge is 0.437 e. The number of hydrogen-bond acceptors (Lipinski definition) is 5. The van der Waals surface area contributed by atoms with Gasteiger partial charge in [-0.1, -0.05) is 17.7 Å². The highest BCUT2D eigenvalue weighted by Crippen LogP contribution is 2.32. The molecule has 1 aromatic carbocycles. The maximum atomic E-state index is 12.5. The van der Waals surface area contributed by atoms with Gasteiger partial charge in [-0.25, -0.2) is 4.98 Å². The zero-order chi connectivity index (χ0) is 20.4. The molecule has 0 spiro atoms. The van der Waals surface area contributed by atoms with Gasteiger partial charge >= 0.3 is 0 Å². The second-order valence-corrected chi connectivity index (χ2v) is 7.43. The molecule has 7 heteroatoms. The molecule has 0 saturated carbocycles. The van der Waals surface area contributed by atoms with Crippen LogP contribution in [0.2, 0.25) is 5.02 Å². The molecule has 6 nitrogen and oxygen atoms in total. The minimum atomic E-state index is -0.104. The minimum Gasteiger partial charge on any atom is -0.437 e. The smallest absolute Gasteiger partial charge is 0.243 e. The Hall–Kier alpha value is -3.12. The molecule has 3 heterocycles. The normalized spacial score (nSPS) is 12.6. The van der Waals surface area contributed by atoms with Crippen molar-refractivity contribution in [2.24, 2.45) is 0 Å². The number of anilines is 2. The van der Waals surface area contributed by atoms with Gasteiger partial charge in [0.25, 0.3) is 0 Å². The summed E-state index contributed by atoms with van der Waals surface area (Å²) in [7, 11) is 0. The van der Waals surface area contributed by atoms with Crippen molar-refractivity contribution in [3.63, 3.8) is 0 Å². The number of ether oxygens (including phenoxy) is 1. The number of nitrogens with one attached hydrogen (secondary N) is 1. The SMILES string of the molecule is Cc1cc2c(cc1Cl)N(CC(=O)Nc1ccc(Oc3cccnc3C)nc1)CC2. The van der Waals surface area contributed by atoms with Gasteiger partial charge < -0.3 is 15.0 Å². The van der Waals surface area contributed by atoms with E-state index in [1.54, 1.807) is 24.5 Å². The number of amides is 1. The van der Waals surface area contributed by atoms with Crippen LogP contribution >= 0.6 is 11.6 Å². The van der Waals surface area contributed by atoms with Crippen LogP contribution in [0.4, 0.5) is 11.4 Å². The number of benzene rings is 1. The average molecular weight is 409 g/mol. The van der Waals surface area contributed by atoms with E-state index in [4.69, 9.17) is 16.3 Å². The first-order chi connectivity index (χ1) is 14.0. The third kappa shape index (κ3) is 4.32. The lowest BCUT2D eigenvalue weighted by molar-refractivity contribution is -0.115. The fraction of sp³-hybridized carbons (Fsp3) is 0.227. The Kier molecular flexibility index (Phi) is 5.36. The van der Waals surface area contributed by atoms with Crippen LogP contribution in [0.1, 0.15) is 16.8 Å². The van der Waals surface area contributed by atoms with Gasteiger partial charge in [-0.05, 0) is 55.7 Å². The number of carbonyl (C=O) groups is 1. The number of pyridine rings is 2. The number of rotatable bonds is 5. The van der Waals surface area contributed by atoms with Gasteiger partial charge in [0.2, 0.25) is 11.8 Å². The van der Waals surface area contributed by atoms with Crippen molar-refractivity contribution >= 4 is 28.9 Å². The predicted molar refractivity (Wildman–Crippen MR) is 114 cm³/mol. The van der Waals surface area contributed by atoms with Crippen molar-refractivity contribution in [3.05, 3.63) is 70.6 Å². The van der Waals surface area contributed by atoms with Gasteiger partial charge in [-0.3, -0.25) is 9.78 Å². The van der Waals surface area contributed by atoms with E-state index in [9.17, 15) is 4.79 Å². The summed E-state index contributed by atoms with van der Waals surface area (Å²) in [5.74, 6) is 0.990. The molecule has 0 aliphatic carbocycles. The maximum absolute atomic E-state index is 12.5. The van der Waals surface area contributed by atoms with Crippen LogP contribution in [0.3, 0.4) is 0 Å². The predicted octanol–water partition coefficient (Wildman–Crippen LogP) is 4.54. The molecule has 1 N–H and O–H groups in total. The van der Waals surface area contributed by atoms with Crippen molar-refractivity contribution in [2.75, 3.05) is 23.3 Å². The van der Waals surface area contributed by atoms with Crippen LogP contribution < -0.4 is 15.0 Å². The molecule has 4 rings (SSSR count). The molecule has 1 aliphatic heterocycles. The molecule has 0 bridgehead atoms. The Labute approximate surface area is 174 Å². The molecular weight excluding hydrogens is 388 g/mol. The molecule has 3 aromatic rings. The summed E-state index contributed by atoms with van der Waals surface area (Å²) in [5, 5.41) is 3.61. The van der Waals surface area contributed by atoms with Gasteiger partial charge in [0, 0.05) is 29.5 Å². The van der Waals surface area contributed by atoms with Gasteiger partial charge in [0.05, 0.1) is 24.1 Å².